The second kappa shape index (κ2) is 18.7. The SMILES string of the molecule is COc1ccc(Sc2ccccc2CNc2cccc(C(=O)O)c2O)cc1.O=C(O)c1cccc(NCc2ccccc2Sc2ccccc2Cl)c1O. The monoisotopic (exact) mass is 766 g/mol. The van der Waals surface area contributed by atoms with Crippen LogP contribution in [0.2, 0.25) is 5.02 Å². The van der Waals surface area contributed by atoms with Gasteiger partial charge in [0.2, 0.25) is 0 Å². The average Bonchev–Trinajstić information content (AvgIpc) is 3.16. The minimum atomic E-state index is -1.17. The first kappa shape index (κ1) is 38.5. The van der Waals surface area contributed by atoms with Crippen LogP contribution in [0.1, 0.15) is 31.8 Å². The zero-order chi connectivity index (χ0) is 37.7. The second-order valence-corrected chi connectivity index (χ2v) is 13.9. The molecule has 0 fully saturated rings. The van der Waals surface area contributed by atoms with E-state index in [4.69, 9.17) is 26.6 Å². The van der Waals surface area contributed by atoms with Crippen LogP contribution in [0, 0.1) is 0 Å². The molecule has 0 aliphatic heterocycles. The van der Waals surface area contributed by atoms with Crippen molar-refractivity contribution in [2.45, 2.75) is 32.7 Å². The maximum atomic E-state index is 11.2. The molecule has 53 heavy (non-hydrogen) atoms. The van der Waals surface area contributed by atoms with Crippen LogP contribution in [0.3, 0.4) is 0 Å². The van der Waals surface area contributed by atoms with Gasteiger partial charge < -0.3 is 35.8 Å². The molecule has 0 amide bonds. The van der Waals surface area contributed by atoms with E-state index >= 15 is 0 Å². The summed E-state index contributed by atoms with van der Waals surface area (Å²) in [5.74, 6) is -2.04. The molecule has 6 aromatic carbocycles. The summed E-state index contributed by atoms with van der Waals surface area (Å²) in [6.07, 6.45) is 0. The number of para-hydroxylation sites is 2. The van der Waals surface area contributed by atoms with Gasteiger partial charge in [-0.15, -0.1) is 0 Å². The Morgan fingerprint density at radius 3 is 1.51 bits per heavy atom. The molecule has 0 spiro atoms. The number of carboxylic acid groups (broad SMARTS) is 2. The van der Waals surface area contributed by atoms with Crippen molar-refractivity contribution in [3.8, 4) is 17.2 Å². The Morgan fingerprint density at radius 2 is 1.04 bits per heavy atom. The lowest BCUT2D eigenvalue weighted by molar-refractivity contribution is 0.0682. The van der Waals surface area contributed by atoms with Crippen LogP contribution in [0.25, 0.3) is 0 Å². The molecule has 0 atom stereocenters. The summed E-state index contributed by atoms with van der Waals surface area (Å²) < 4.78 is 5.18. The lowest BCUT2D eigenvalue weighted by Crippen LogP contribution is -2.04. The van der Waals surface area contributed by atoms with E-state index in [1.54, 1.807) is 54.9 Å². The molecule has 0 radical (unpaired) electrons. The van der Waals surface area contributed by atoms with Crippen molar-refractivity contribution in [1.82, 2.24) is 0 Å². The predicted molar refractivity (Wildman–Crippen MR) is 210 cm³/mol. The van der Waals surface area contributed by atoms with Gasteiger partial charge in [0, 0.05) is 32.7 Å². The van der Waals surface area contributed by atoms with Crippen molar-refractivity contribution >= 4 is 58.4 Å². The van der Waals surface area contributed by atoms with Gasteiger partial charge in [-0.3, -0.25) is 0 Å². The van der Waals surface area contributed by atoms with Crippen molar-refractivity contribution in [3.05, 3.63) is 161 Å². The first-order valence-corrected chi connectivity index (χ1v) is 18.1. The highest BCUT2D eigenvalue weighted by molar-refractivity contribution is 7.99. The second-order valence-electron chi connectivity index (χ2n) is 11.2. The normalized spacial score (nSPS) is 10.5. The summed E-state index contributed by atoms with van der Waals surface area (Å²) in [6.45, 7) is 0.889. The zero-order valence-corrected chi connectivity index (χ0v) is 30.7. The zero-order valence-electron chi connectivity index (χ0n) is 28.3. The quantitative estimate of drug-likeness (QED) is 0.0624. The Kier molecular flexibility index (Phi) is 13.5. The summed E-state index contributed by atoms with van der Waals surface area (Å²) in [4.78, 5) is 26.4. The van der Waals surface area contributed by atoms with Gasteiger partial charge in [-0.25, -0.2) is 9.59 Å². The molecule has 0 aliphatic rings. The van der Waals surface area contributed by atoms with E-state index in [1.165, 1.54) is 12.1 Å². The fourth-order valence-electron chi connectivity index (χ4n) is 5.01. The number of hydrogen-bond donors (Lipinski definition) is 6. The molecule has 6 aromatic rings. The number of rotatable bonds is 13. The number of carboxylic acids is 2. The molecular formula is C41H35ClN2O7S2. The van der Waals surface area contributed by atoms with Crippen molar-refractivity contribution in [3.63, 3.8) is 0 Å². The number of phenols is 2. The number of aromatic carboxylic acids is 2. The molecule has 0 bridgehead atoms. The van der Waals surface area contributed by atoms with Gasteiger partial charge in [0.1, 0.15) is 16.9 Å². The number of ether oxygens (including phenoxy) is 1. The van der Waals surface area contributed by atoms with Gasteiger partial charge >= 0.3 is 11.9 Å². The Balaban J connectivity index is 0.000000204. The topological polar surface area (TPSA) is 148 Å². The van der Waals surface area contributed by atoms with Crippen molar-refractivity contribution in [2.75, 3.05) is 17.7 Å². The summed E-state index contributed by atoms with van der Waals surface area (Å²) in [6, 6.07) is 40.5. The molecule has 0 heterocycles. The van der Waals surface area contributed by atoms with Crippen molar-refractivity contribution < 1.29 is 34.8 Å². The highest BCUT2D eigenvalue weighted by Crippen LogP contribution is 2.36. The van der Waals surface area contributed by atoms with E-state index in [0.29, 0.717) is 29.5 Å². The number of nitrogens with one attached hydrogen (secondary N) is 2. The fourth-order valence-corrected chi connectivity index (χ4v) is 7.18. The van der Waals surface area contributed by atoms with E-state index in [2.05, 4.69) is 10.6 Å². The molecule has 12 heteroatoms. The standard InChI is InChI=1S/C21H19NO4S.C20H16ClNO3S/c1-26-15-9-11-16(12-10-15)27-19-8-3-2-5-14(19)13-22-18-7-4-6-17(20(18)23)21(24)25;21-15-8-2-4-11-18(15)26-17-10-3-1-6-13(17)12-22-16-9-5-7-14(19(16)23)20(24)25/h2-12,22-23H,13H2,1H3,(H,24,25);1-11,22-23H,12H2,(H,24,25). The lowest BCUT2D eigenvalue weighted by atomic mass is 10.1. The van der Waals surface area contributed by atoms with Gasteiger partial charge in [-0.2, -0.15) is 0 Å². The fraction of sp³-hybridized carbons (Fsp3) is 0.0732. The highest BCUT2D eigenvalue weighted by Gasteiger charge is 2.15. The minimum Gasteiger partial charge on any atom is -0.505 e. The third kappa shape index (κ3) is 10.4. The van der Waals surface area contributed by atoms with Crippen LogP contribution < -0.4 is 15.4 Å². The Morgan fingerprint density at radius 1 is 0.585 bits per heavy atom. The minimum absolute atomic E-state index is 0.124. The van der Waals surface area contributed by atoms with E-state index < -0.39 is 11.9 Å². The van der Waals surface area contributed by atoms with Gasteiger partial charge in [0.15, 0.2) is 11.5 Å². The summed E-state index contributed by atoms with van der Waals surface area (Å²) in [7, 11) is 1.64. The number of halogens is 1. The smallest absolute Gasteiger partial charge is 0.339 e. The Bertz CT molecular complexity index is 2200. The molecule has 6 rings (SSSR count). The molecule has 6 N–H and O–H groups in total. The molecule has 0 unspecified atom stereocenters. The molecule has 0 aliphatic carbocycles. The predicted octanol–water partition coefficient (Wildman–Crippen LogP) is 10.4. The molecular weight excluding hydrogens is 732 g/mol. The lowest BCUT2D eigenvalue weighted by Gasteiger charge is -2.13. The maximum Gasteiger partial charge on any atom is 0.339 e. The van der Waals surface area contributed by atoms with Crippen molar-refractivity contribution in [1.29, 1.82) is 0 Å². The van der Waals surface area contributed by atoms with Gasteiger partial charge in [0.05, 0.1) is 23.5 Å². The van der Waals surface area contributed by atoms with Crippen LogP contribution in [0.15, 0.2) is 153 Å². The molecule has 270 valence electrons. The molecule has 0 aromatic heterocycles. The summed E-state index contributed by atoms with van der Waals surface area (Å²) >= 11 is 9.43. The maximum absolute atomic E-state index is 11.2. The molecule has 0 saturated heterocycles. The Labute approximate surface area is 320 Å². The van der Waals surface area contributed by atoms with E-state index in [9.17, 15) is 19.8 Å². The van der Waals surface area contributed by atoms with Crippen LogP contribution in [-0.4, -0.2) is 39.5 Å². The average molecular weight is 767 g/mol. The van der Waals surface area contributed by atoms with E-state index in [0.717, 1.165) is 36.5 Å². The molecule has 9 nitrogen and oxygen atoms in total. The van der Waals surface area contributed by atoms with Gasteiger partial charge in [-0.1, -0.05) is 95.8 Å². The van der Waals surface area contributed by atoms with E-state index in [-0.39, 0.29) is 22.6 Å². The number of aromatic hydroxyl groups is 2. The van der Waals surface area contributed by atoms with Gasteiger partial charge in [-0.05, 0) is 83.9 Å². The number of benzene rings is 6. The third-order valence-corrected chi connectivity index (χ3v) is 10.5. The Hall–Kier alpha value is -5.75. The number of methoxy groups -OCH3 is 1. The summed E-state index contributed by atoms with van der Waals surface area (Å²) in [5, 5.41) is 45.4. The molecule has 0 saturated carbocycles. The van der Waals surface area contributed by atoms with Crippen LogP contribution in [-0.2, 0) is 13.1 Å². The van der Waals surface area contributed by atoms with Crippen LogP contribution in [0.4, 0.5) is 11.4 Å². The number of hydrogen-bond acceptors (Lipinski definition) is 9. The largest absolute Gasteiger partial charge is 0.505 e. The third-order valence-electron chi connectivity index (χ3n) is 7.76. The number of anilines is 2. The van der Waals surface area contributed by atoms with Crippen LogP contribution in [0.5, 0.6) is 17.2 Å². The van der Waals surface area contributed by atoms with Gasteiger partial charge in [0.25, 0.3) is 0 Å². The summed E-state index contributed by atoms with van der Waals surface area (Å²) in [5.41, 5.74) is 2.56. The van der Waals surface area contributed by atoms with Crippen molar-refractivity contribution in [2.24, 2.45) is 0 Å². The number of carbonyl (C=O) groups is 2. The van der Waals surface area contributed by atoms with Crippen LogP contribution >= 0.6 is 35.1 Å². The van der Waals surface area contributed by atoms with E-state index in [1.807, 2.05) is 97.1 Å². The highest BCUT2D eigenvalue weighted by atomic mass is 35.5. The first-order chi connectivity index (χ1) is 25.6. The first-order valence-electron chi connectivity index (χ1n) is 16.1.